The minimum atomic E-state index is -4.48. The van der Waals surface area contributed by atoms with Crippen molar-refractivity contribution in [3.05, 3.63) is 46.6 Å². The number of carbonyl (C=O) groups excluding carboxylic acids is 1. The molecule has 5 rings (SSSR count). The van der Waals surface area contributed by atoms with E-state index >= 15 is 0 Å². The molecule has 6 nitrogen and oxygen atoms in total. The number of hydrogen-bond donors (Lipinski definition) is 0. The van der Waals surface area contributed by atoms with Crippen LogP contribution in [0.4, 0.5) is 24.9 Å². The summed E-state index contributed by atoms with van der Waals surface area (Å²) in [5.74, 6) is 1.26. The average molecular weight is 445 g/mol. The van der Waals surface area contributed by atoms with E-state index in [0.29, 0.717) is 19.5 Å². The first-order chi connectivity index (χ1) is 15.4. The van der Waals surface area contributed by atoms with Gasteiger partial charge in [-0.25, -0.2) is 4.98 Å². The van der Waals surface area contributed by atoms with Crippen molar-refractivity contribution in [3.63, 3.8) is 0 Å². The van der Waals surface area contributed by atoms with Gasteiger partial charge in [0.1, 0.15) is 5.82 Å². The standard InChI is InChI=1S/C23H26F3N5O/c24-23(25,26)17-7-5-6-16(14-17)21(32)31-13-8-19-18(15-31)20(29-9-1-2-10-29)28-22(27-19)30-11-3-4-12-30/h5-7,14H,1-4,8-13,15H2. The first-order valence-corrected chi connectivity index (χ1v) is 11.3. The monoisotopic (exact) mass is 445 g/mol. The lowest BCUT2D eigenvalue weighted by molar-refractivity contribution is -0.137. The van der Waals surface area contributed by atoms with E-state index in [0.717, 1.165) is 87.0 Å². The van der Waals surface area contributed by atoms with Crippen LogP contribution in [0.25, 0.3) is 0 Å². The number of halogens is 3. The highest BCUT2D eigenvalue weighted by molar-refractivity contribution is 5.94. The summed E-state index contributed by atoms with van der Waals surface area (Å²) in [6.45, 7) is 4.50. The highest BCUT2D eigenvalue weighted by Crippen LogP contribution is 2.33. The molecule has 1 aromatic carbocycles. The molecule has 0 unspecified atom stereocenters. The van der Waals surface area contributed by atoms with Crippen LogP contribution in [0.15, 0.2) is 24.3 Å². The van der Waals surface area contributed by atoms with Crippen molar-refractivity contribution < 1.29 is 18.0 Å². The summed E-state index contributed by atoms with van der Waals surface area (Å²) in [4.78, 5) is 29.0. The topological polar surface area (TPSA) is 52.6 Å². The van der Waals surface area contributed by atoms with E-state index in [2.05, 4.69) is 9.80 Å². The van der Waals surface area contributed by atoms with Crippen LogP contribution in [0.5, 0.6) is 0 Å². The molecule has 0 N–H and O–H groups in total. The van der Waals surface area contributed by atoms with Crippen molar-refractivity contribution >= 4 is 17.7 Å². The normalized spacial score (nSPS) is 18.9. The Hall–Kier alpha value is -2.84. The van der Waals surface area contributed by atoms with Gasteiger partial charge >= 0.3 is 6.18 Å². The van der Waals surface area contributed by atoms with Gasteiger partial charge in [0.15, 0.2) is 0 Å². The van der Waals surface area contributed by atoms with Gasteiger partial charge in [0, 0.05) is 50.3 Å². The molecule has 4 heterocycles. The number of hydrogen-bond acceptors (Lipinski definition) is 5. The Labute approximate surface area is 185 Å². The molecule has 32 heavy (non-hydrogen) atoms. The summed E-state index contributed by atoms with van der Waals surface area (Å²) < 4.78 is 39.3. The molecule has 9 heteroatoms. The highest BCUT2D eigenvalue weighted by atomic mass is 19.4. The van der Waals surface area contributed by atoms with E-state index in [1.165, 1.54) is 12.1 Å². The van der Waals surface area contributed by atoms with E-state index < -0.39 is 17.6 Å². The zero-order chi connectivity index (χ0) is 22.3. The van der Waals surface area contributed by atoms with Gasteiger partial charge in [-0.3, -0.25) is 4.79 Å². The Morgan fingerprint density at radius 3 is 2.28 bits per heavy atom. The van der Waals surface area contributed by atoms with Gasteiger partial charge in [-0.05, 0) is 43.9 Å². The second kappa shape index (κ2) is 8.26. The predicted molar refractivity (Wildman–Crippen MR) is 115 cm³/mol. The van der Waals surface area contributed by atoms with Crippen LogP contribution >= 0.6 is 0 Å². The van der Waals surface area contributed by atoms with Crippen molar-refractivity contribution in [3.8, 4) is 0 Å². The van der Waals surface area contributed by atoms with Gasteiger partial charge < -0.3 is 14.7 Å². The summed E-state index contributed by atoms with van der Waals surface area (Å²) in [6.07, 6.45) is 0.574. The summed E-state index contributed by atoms with van der Waals surface area (Å²) in [5, 5.41) is 0. The van der Waals surface area contributed by atoms with Gasteiger partial charge in [-0.1, -0.05) is 6.07 Å². The van der Waals surface area contributed by atoms with Gasteiger partial charge in [0.05, 0.1) is 17.8 Å². The van der Waals surface area contributed by atoms with Crippen LogP contribution in [-0.2, 0) is 19.1 Å². The number of aromatic nitrogens is 2. The predicted octanol–water partition coefficient (Wildman–Crippen LogP) is 3.89. The highest BCUT2D eigenvalue weighted by Gasteiger charge is 2.33. The molecule has 2 saturated heterocycles. The maximum absolute atomic E-state index is 13.1. The average Bonchev–Trinajstić information content (AvgIpc) is 3.51. The molecular formula is C23H26F3N5O. The van der Waals surface area contributed by atoms with E-state index in [1.54, 1.807) is 4.90 Å². The third-order valence-corrected chi connectivity index (χ3v) is 6.55. The maximum atomic E-state index is 13.1. The van der Waals surface area contributed by atoms with Crippen molar-refractivity contribution in [1.29, 1.82) is 0 Å². The number of carbonyl (C=O) groups is 1. The summed E-state index contributed by atoms with van der Waals surface area (Å²) in [5.41, 5.74) is 1.14. The smallest absolute Gasteiger partial charge is 0.356 e. The molecule has 1 aromatic heterocycles. The lowest BCUT2D eigenvalue weighted by Crippen LogP contribution is -2.38. The van der Waals surface area contributed by atoms with Crippen LogP contribution < -0.4 is 9.80 Å². The maximum Gasteiger partial charge on any atom is 0.416 e. The molecule has 0 bridgehead atoms. The number of anilines is 2. The quantitative estimate of drug-likeness (QED) is 0.718. The Morgan fingerprint density at radius 1 is 0.906 bits per heavy atom. The lowest BCUT2D eigenvalue weighted by Gasteiger charge is -2.32. The summed E-state index contributed by atoms with van der Waals surface area (Å²) >= 11 is 0. The molecular weight excluding hydrogens is 419 g/mol. The van der Waals surface area contributed by atoms with Gasteiger partial charge in [-0.15, -0.1) is 0 Å². The minimum absolute atomic E-state index is 0.0561. The van der Waals surface area contributed by atoms with E-state index in [9.17, 15) is 18.0 Å². The molecule has 1 amide bonds. The van der Waals surface area contributed by atoms with E-state index in [-0.39, 0.29) is 5.56 Å². The first-order valence-electron chi connectivity index (χ1n) is 11.3. The fourth-order valence-electron chi connectivity index (χ4n) is 4.82. The number of nitrogens with zero attached hydrogens (tertiary/aromatic N) is 5. The molecule has 0 radical (unpaired) electrons. The fraction of sp³-hybridized carbons (Fsp3) is 0.522. The Morgan fingerprint density at radius 2 is 1.59 bits per heavy atom. The van der Waals surface area contributed by atoms with Crippen molar-refractivity contribution in [2.24, 2.45) is 0 Å². The SMILES string of the molecule is O=C(c1cccc(C(F)(F)F)c1)N1CCc2nc(N3CCCC3)nc(N3CCCC3)c2C1. The zero-order valence-corrected chi connectivity index (χ0v) is 17.9. The van der Waals surface area contributed by atoms with Crippen molar-refractivity contribution in [1.82, 2.24) is 14.9 Å². The van der Waals surface area contributed by atoms with Crippen LogP contribution in [0.2, 0.25) is 0 Å². The first kappa shape index (κ1) is 21.0. The van der Waals surface area contributed by atoms with Crippen LogP contribution in [0.1, 0.15) is 52.9 Å². The second-order valence-corrected chi connectivity index (χ2v) is 8.72. The third kappa shape index (κ3) is 4.00. The number of alkyl halides is 3. The molecule has 2 fully saturated rings. The molecule has 2 aromatic rings. The van der Waals surface area contributed by atoms with Crippen molar-refractivity contribution in [2.75, 3.05) is 42.5 Å². The van der Waals surface area contributed by atoms with Crippen molar-refractivity contribution in [2.45, 2.75) is 44.8 Å². The molecule has 0 spiro atoms. The van der Waals surface area contributed by atoms with Crippen LogP contribution in [0, 0.1) is 0 Å². The minimum Gasteiger partial charge on any atom is -0.356 e. The molecule has 3 aliphatic heterocycles. The van der Waals surface area contributed by atoms with Gasteiger partial charge in [0.2, 0.25) is 5.95 Å². The largest absolute Gasteiger partial charge is 0.416 e. The fourth-order valence-corrected chi connectivity index (χ4v) is 4.82. The Balaban J connectivity index is 1.45. The number of benzene rings is 1. The second-order valence-electron chi connectivity index (χ2n) is 8.72. The molecule has 3 aliphatic rings. The summed E-state index contributed by atoms with van der Waals surface area (Å²) in [7, 11) is 0. The summed E-state index contributed by atoms with van der Waals surface area (Å²) in [6, 6.07) is 4.66. The molecule has 170 valence electrons. The Kier molecular flexibility index (Phi) is 5.43. The van der Waals surface area contributed by atoms with Gasteiger partial charge in [0.25, 0.3) is 5.91 Å². The van der Waals surface area contributed by atoms with E-state index in [1.807, 2.05) is 0 Å². The number of rotatable bonds is 3. The molecule has 0 saturated carbocycles. The lowest BCUT2D eigenvalue weighted by atomic mass is 10.0. The zero-order valence-electron chi connectivity index (χ0n) is 17.9. The van der Waals surface area contributed by atoms with Gasteiger partial charge in [-0.2, -0.15) is 18.2 Å². The Bertz CT molecular complexity index is 1010. The molecule has 0 aliphatic carbocycles. The third-order valence-electron chi connectivity index (χ3n) is 6.55. The van der Waals surface area contributed by atoms with Crippen LogP contribution in [0.3, 0.4) is 0 Å². The number of amides is 1. The number of fused-ring (bicyclic) bond motifs is 1. The van der Waals surface area contributed by atoms with E-state index in [4.69, 9.17) is 9.97 Å². The molecule has 0 atom stereocenters. The van der Waals surface area contributed by atoms with Crippen LogP contribution in [-0.4, -0.2) is 53.5 Å².